The Kier molecular flexibility index (Phi) is 5.58. The Labute approximate surface area is 143 Å². The maximum absolute atomic E-state index is 12.4. The van der Waals surface area contributed by atoms with Crippen molar-refractivity contribution in [3.05, 3.63) is 23.8 Å². The molecule has 136 valence electrons. The zero-order valence-electron chi connectivity index (χ0n) is 14.1. The van der Waals surface area contributed by atoms with Crippen LogP contribution in [0.1, 0.15) is 18.9 Å². The lowest BCUT2D eigenvalue weighted by Crippen LogP contribution is -2.46. The van der Waals surface area contributed by atoms with E-state index in [9.17, 15) is 16.8 Å². The van der Waals surface area contributed by atoms with E-state index in [0.29, 0.717) is 13.0 Å². The second-order valence-corrected chi connectivity index (χ2v) is 10.3. The van der Waals surface area contributed by atoms with E-state index < -0.39 is 25.4 Å². The molecule has 1 atom stereocenters. The van der Waals surface area contributed by atoms with E-state index in [4.69, 9.17) is 4.74 Å². The molecule has 1 aliphatic rings. The van der Waals surface area contributed by atoms with Crippen LogP contribution in [0.25, 0.3) is 0 Å². The number of hydrogen-bond acceptors (Lipinski definition) is 6. The molecule has 0 aromatic heterocycles. The normalized spacial score (nSPS) is 23.3. The summed E-state index contributed by atoms with van der Waals surface area (Å²) in [7, 11) is -5.27. The Morgan fingerprint density at radius 3 is 2.58 bits per heavy atom. The predicted octanol–water partition coefficient (Wildman–Crippen LogP) is 0.449. The monoisotopic (exact) mass is 376 g/mol. The Balaban J connectivity index is 1.96. The third-order valence-electron chi connectivity index (χ3n) is 4.08. The summed E-state index contributed by atoms with van der Waals surface area (Å²) in [6, 6.07) is 4.95. The molecule has 1 fully saturated rings. The molecule has 0 saturated carbocycles. The van der Waals surface area contributed by atoms with E-state index in [-0.39, 0.29) is 28.7 Å². The maximum atomic E-state index is 12.4. The number of rotatable bonds is 7. The number of methoxy groups -OCH3 is 1. The quantitative estimate of drug-likeness (QED) is 0.670. The van der Waals surface area contributed by atoms with Crippen LogP contribution in [0.2, 0.25) is 0 Å². The highest BCUT2D eigenvalue weighted by Gasteiger charge is 2.37. The van der Waals surface area contributed by atoms with Crippen LogP contribution in [0.4, 0.5) is 0 Å². The molecule has 0 aliphatic carbocycles. The van der Waals surface area contributed by atoms with Crippen LogP contribution < -0.4 is 14.8 Å². The summed E-state index contributed by atoms with van der Waals surface area (Å²) in [5, 5.41) is 3.14. The minimum Gasteiger partial charge on any atom is -0.495 e. The second kappa shape index (κ2) is 6.99. The number of hydrogen-bond donors (Lipinski definition) is 2. The van der Waals surface area contributed by atoms with Gasteiger partial charge in [-0.3, -0.25) is 0 Å². The van der Waals surface area contributed by atoms with Gasteiger partial charge in [-0.15, -0.1) is 0 Å². The number of aryl methyl sites for hydroxylation is 1. The van der Waals surface area contributed by atoms with Gasteiger partial charge >= 0.3 is 0 Å². The van der Waals surface area contributed by atoms with Gasteiger partial charge in [0.2, 0.25) is 10.0 Å². The molecule has 2 rings (SSSR count). The van der Waals surface area contributed by atoms with E-state index >= 15 is 0 Å². The van der Waals surface area contributed by atoms with Crippen molar-refractivity contribution in [2.24, 2.45) is 0 Å². The Morgan fingerprint density at radius 2 is 2.00 bits per heavy atom. The van der Waals surface area contributed by atoms with Crippen LogP contribution in [-0.4, -0.2) is 54.1 Å². The molecule has 1 heterocycles. The number of sulfonamides is 1. The van der Waals surface area contributed by atoms with Crippen LogP contribution in [0.5, 0.6) is 5.75 Å². The van der Waals surface area contributed by atoms with Gasteiger partial charge in [0.1, 0.15) is 10.6 Å². The van der Waals surface area contributed by atoms with Gasteiger partial charge in [0.05, 0.1) is 18.6 Å². The molecule has 0 radical (unpaired) electrons. The van der Waals surface area contributed by atoms with E-state index in [0.717, 1.165) is 5.56 Å². The van der Waals surface area contributed by atoms with Gasteiger partial charge in [-0.1, -0.05) is 6.07 Å². The van der Waals surface area contributed by atoms with Gasteiger partial charge in [-0.25, -0.2) is 21.6 Å². The van der Waals surface area contributed by atoms with Gasteiger partial charge in [0.25, 0.3) is 0 Å². The fourth-order valence-electron chi connectivity index (χ4n) is 2.77. The molecule has 1 aliphatic heterocycles. The topological polar surface area (TPSA) is 102 Å². The third-order valence-corrected chi connectivity index (χ3v) is 7.47. The van der Waals surface area contributed by atoms with Crippen molar-refractivity contribution in [1.82, 2.24) is 10.0 Å². The van der Waals surface area contributed by atoms with Crippen LogP contribution in [-0.2, 0) is 19.9 Å². The first-order chi connectivity index (χ1) is 11.1. The zero-order valence-corrected chi connectivity index (χ0v) is 15.8. The van der Waals surface area contributed by atoms with Crippen LogP contribution >= 0.6 is 0 Å². The molecule has 0 spiro atoms. The standard InChI is InChI=1S/C15H24N2O5S2/c1-12-4-5-13(22-3)14(10-12)24(20,21)17-8-7-16-15(2)6-9-23(18,19)11-15/h4-5,10,16-17H,6-9,11H2,1-3H3/t15-/m1/s1. The molecule has 0 unspecified atom stereocenters. The summed E-state index contributed by atoms with van der Waals surface area (Å²) in [6.07, 6.45) is 0.536. The Morgan fingerprint density at radius 1 is 1.29 bits per heavy atom. The van der Waals surface area contributed by atoms with Crippen LogP contribution in [0, 0.1) is 6.92 Å². The number of ether oxygens (including phenoxy) is 1. The van der Waals surface area contributed by atoms with Gasteiger partial charge in [0.15, 0.2) is 9.84 Å². The summed E-state index contributed by atoms with van der Waals surface area (Å²) in [5.41, 5.74) is 0.323. The summed E-state index contributed by atoms with van der Waals surface area (Å²) in [6.45, 7) is 4.16. The lowest BCUT2D eigenvalue weighted by molar-refractivity contribution is 0.397. The van der Waals surface area contributed by atoms with Gasteiger partial charge in [-0.2, -0.15) is 0 Å². The lowest BCUT2D eigenvalue weighted by atomic mass is 10.0. The molecule has 24 heavy (non-hydrogen) atoms. The fraction of sp³-hybridized carbons (Fsp3) is 0.600. The maximum Gasteiger partial charge on any atom is 0.244 e. The average Bonchev–Trinajstić information content (AvgIpc) is 2.78. The average molecular weight is 377 g/mol. The van der Waals surface area contributed by atoms with Crippen LogP contribution in [0.15, 0.2) is 23.1 Å². The summed E-state index contributed by atoms with van der Waals surface area (Å²) in [5.74, 6) is 0.538. The van der Waals surface area contributed by atoms with Crippen LogP contribution in [0.3, 0.4) is 0 Å². The Hall–Kier alpha value is -1.16. The number of benzene rings is 1. The van der Waals surface area contributed by atoms with Gasteiger partial charge in [-0.05, 0) is 38.0 Å². The summed E-state index contributed by atoms with van der Waals surface area (Å²) in [4.78, 5) is 0.0969. The molecular weight excluding hydrogens is 352 g/mol. The molecule has 1 saturated heterocycles. The fourth-order valence-corrected chi connectivity index (χ4v) is 6.18. The second-order valence-electron chi connectivity index (χ2n) is 6.38. The SMILES string of the molecule is COc1ccc(C)cc1S(=O)(=O)NCCN[C@]1(C)CCS(=O)(=O)C1. The molecular formula is C15H24N2O5S2. The van der Waals surface area contributed by atoms with Crippen molar-refractivity contribution in [1.29, 1.82) is 0 Å². The largest absolute Gasteiger partial charge is 0.495 e. The van der Waals surface area contributed by atoms with Crippen molar-refractivity contribution < 1.29 is 21.6 Å². The van der Waals surface area contributed by atoms with Crippen molar-refractivity contribution >= 4 is 19.9 Å². The molecule has 0 bridgehead atoms. The van der Waals surface area contributed by atoms with E-state index in [1.54, 1.807) is 25.1 Å². The molecule has 7 nitrogen and oxygen atoms in total. The molecule has 1 aromatic rings. The first-order valence-electron chi connectivity index (χ1n) is 7.67. The first kappa shape index (κ1) is 19.2. The summed E-state index contributed by atoms with van der Waals surface area (Å²) >= 11 is 0. The van der Waals surface area contributed by atoms with E-state index in [1.165, 1.54) is 7.11 Å². The zero-order chi connectivity index (χ0) is 18.0. The Bertz CT molecular complexity index is 805. The highest BCUT2D eigenvalue weighted by atomic mass is 32.2. The van der Waals surface area contributed by atoms with Crippen molar-refractivity contribution in [2.45, 2.75) is 30.7 Å². The highest BCUT2D eigenvalue weighted by Crippen LogP contribution is 2.24. The summed E-state index contributed by atoms with van der Waals surface area (Å²) < 4.78 is 55.6. The minimum absolute atomic E-state index is 0.0818. The lowest BCUT2D eigenvalue weighted by Gasteiger charge is -2.24. The molecule has 1 aromatic carbocycles. The van der Waals surface area contributed by atoms with Gasteiger partial charge < -0.3 is 10.1 Å². The van der Waals surface area contributed by atoms with E-state index in [1.807, 2.05) is 6.92 Å². The van der Waals surface area contributed by atoms with E-state index in [2.05, 4.69) is 10.0 Å². The van der Waals surface area contributed by atoms with Crippen molar-refractivity contribution in [3.63, 3.8) is 0 Å². The smallest absolute Gasteiger partial charge is 0.244 e. The third kappa shape index (κ3) is 4.69. The van der Waals surface area contributed by atoms with Gasteiger partial charge in [0, 0.05) is 18.6 Å². The van der Waals surface area contributed by atoms with Crippen molar-refractivity contribution in [3.8, 4) is 5.75 Å². The first-order valence-corrected chi connectivity index (χ1v) is 11.0. The molecule has 9 heteroatoms. The molecule has 2 N–H and O–H groups in total. The van der Waals surface area contributed by atoms with Crippen molar-refractivity contribution in [2.75, 3.05) is 31.7 Å². The molecule has 0 amide bonds. The minimum atomic E-state index is -3.70. The highest BCUT2D eigenvalue weighted by molar-refractivity contribution is 7.91. The number of sulfone groups is 1. The predicted molar refractivity (Wildman–Crippen MR) is 92.6 cm³/mol. The number of nitrogens with one attached hydrogen (secondary N) is 2.